The van der Waals surface area contributed by atoms with Crippen LogP contribution in [0.4, 0.5) is 0 Å². The average Bonchev–Trinajstić information content (AvgIpc) is 2.68. The van der Waals surface area contributed by atoms with Crippen LogP contribution in [0.25, 0.3) is 11.1 Å². The molecule has 3 rings (SSSR count). The first-order chi connectivity index (χ1) is 13.7. The highest BCUT2D eigenvalue weighted by molar-refractivity contribution is 7.91. The number of pyridine rings is 1. The number of nitrogens with zero attached hydrogens (tertiary/aromatic N) is 1. The number of aryl methyl sites for hydroxylation is 4. The molecule has 0 amide bonds. The van der Waals surface area contributed by atoms with Crippen LogP contribution in [-0.2, 0) is 28.2 Å². The summed E-state index contributed by atoms with van der Waals surface area (Å²) in [5, 5.41) is 0. The zero-order chi connectivity index (χ0) is 21.2. The third kappa shape index (κ3) is 4.66. The maximum atomic E-state index is 12.8. The molecule has 0 spiro atoms. The lowest BCUT2D eigenvalue weighted by atomic mass is 10.0. The van der Waals surface area contributed by atoms with Gasteiger partial charge in [-0.1, -0.05) is 30.3 Å². The highest BCUT2D eigenvalue weighted by Gasteiger charge is 2.16. The minimum atomic E-state index is -3.61. The Bertz CT molecular complexity index is 1160. The van der Waals surface area contributed by atoms with Crippen molar-refractivity contribution in [2.75, 3.05) is 5.94 Å². The van der Waals surface area contributed by atoms with Gasteiger partial charge in [-0.25, -0.2) is 8.42 Å². The lowest BCUT2D eigenvalue weighted by Gasteiger charge is -2.12. The third-order valence-electron chi connectivity index (χ3n) is 5.02. The van der Waals surface area contributed by atoms with Gasteiger partial charge in [0, 0.05) is 18.8 Å². The Balaban J connectivity index is 1.81. The molecule has 6 heteroatoms. The van der Waals surface area contributed by atoms with Crippen LogP contribution in [0.3, 0.4) is 0 Å². The van der Waals surface area contributed by atoms with Gasteiger partial charge in [0.15, 0.2) is 5.94 Å². The molecule has 0 fully saturated rings. The van der Waals surface area contributed by atoms with Crippen LogP contribution < -0.4 is 5.56 Å². The largest absolute Gasteiger partial charge is 0.360 e. The van der Waals surface area contributed by atoms with Crippen LogP contribution in [0.5, 0.6) is 0 Å². The van der Waals surface area contributed by atoms with Crippen molar-refractivity contribution in [3.8, 4) is 11.1 Å². The Morgan fingerprint density at radius 2 is 1.55 bits per heavy atom. The first-order valence-electron chi connectivity index (χ1n) is 9.32. The third-order valence-corrected chi connectivity index (χ3v) is 6.47. The van der Waals surface area contributed by atoms with E-state index in [1.54, 1.807) is 44.4 Å². The summed E-state index contributed by atoms with van der Waals surface area (Å²) < 4.78 is 32.6. The zero-order valence-corrected chi connectivity index (χ0v) is 17.9. The van der Waals surface area contributed by atoms with Crippen LogP contribution in [0, 0.1) is 20.8 Å². The standard InChI is InChI=1S/C23H25NO4S/c1-16-7-5-8-17(2)22(16)14-28-15-29(26,27)21-10-6-9-19(12-21)20-11-18(3)23(25)24(4)13-20/h5-13H,14-15H2,1-4H3. The van der Waals surface area contributed by atoms with Crippen molar-refractivity contribution in [2.45, 2.75) is 32.3 Å². The van der Waals surface area contributed by atoms with E-state index < -0.39 is 15.8 Å². The fourth-order valence-corrected chi connectivity index (χ4v) is 4.33. The molecule has 1 heterocycles. The van der Waals surface area contributed by atoms with Crippen molar-refractivity contribution in [2.24, 2.45) is 7.05 Å². The van der Waals surface area contributed by atoms with E-state index in [4.69, 9.17) is 4.74 Å². The summed E-state index contributed by atoms with van der Waals surface area (Å²) in [7, 11) is -1.92. The van der Waals surface area contributed by atoms with Crippen LogP contribution in [0.2, 0.25) is 0 Å². The number of sulfone groups is 1. The summed E-state index contributed by atoms with van der Waals surface area (Å²) in [5.41, 5.74) is 5.23. The number of rotatable bonds is 6. The van der Waals surface area contributed by atoms with Crippen molar-refractivity contribution in [1.29, 1.82) is 0 Å². The molecule has 0 atom stereocenters. The molecule has 0 bridgehead atoms. The molecule has 5 nitrogen and oxygen atoms in total. The average molecular weight is 412 g/mol. The van der Waals surface area contributed by atoms with Crippen molar-refractivity contribution >= 4 is 9.84 Å². The fourth-order valence-electron chi connectivity index (χ4n) is 3.30. The van der Waals surface area contributed by atoms with Crippen LogP contribution in [-0.4, -0.2) is 18.9 Å². The molecule has 0 saturated heterocycles. The highest BCUT2D eigenvalue weighted by Crippen LogP contribution is 2.23. The predicted octanol–water partition coefficient (Wildman–Crippen LogP) is 3.93. The van der Waals surface area contributed by atoms with Crippen molar-refractivity contribution in [3.63, 3.8) is 0 Å². The first-order valence-corrected chi connectivity index (χ1v) is 11.0. The molecule has 3 aromatic rings. The highest BCUT2D eigenvalue weighted by atomic mass is 32.2. The van der Waals surface area contributed by atoms with Gasteiger partial charge in [-0.05, 0) is 66.8 Å². The lowest BCUT2D eigenvalue weighted by Crippen LogP contribution is -2.18. The van der Waals surface area contributed by atoms with Gasteiger partial charge in [0.25, 0.3) is 5.56 Å². The second-order valence-electron chi connectivity index (χ2n) is 7.31. The van der Waals surface area contributed by atoms with Crippen LogP contribution in [0.15, 0.2) is 64.4 Å². The molecule has 152 valence electrons. The van der Waals surface area contributed by atoms with E-state index in [1.165, 1.54) is 4.57 Å². The second kappa shape index (κ2) is 8.35. The zero-order valence-electron chi connectivity index (χ0n) is 17.1. The summed E-state index contributed by atoms with van der Waals surface area (Å²) in [6.07, 6.45) is 1.71. The Morgan fingerprint density at radius 1 is 0.897 bits per heavy atom. The quantitative estimate of drug-likeness (QED) is 0.617. The van der Waals surface area contributed by atoms with E-state index in [-0.39, 0.29) is 17.1 Å². The van der Waals surface area contributed by atoms with Crippen molar-refractivity contribution in [1.82, 2.24) is 4.57 Å². The Labute approximate surface area is 171 Å². The SMILES string of the molecule is Cc1cccc(C)c1COCS(=O)(=O)c1cccc(-c2cc(C)c(=O)n(C)c2)c1. The molecule has 0 radical (unpaired) electrons. The minimum Gasteiger partial charge on any atom is -0.360 e. The molecule has 0 aliphatic rings. The molecular weight excluding hydrogens is 386 g/mol. The molecule has 29 heavy (non-hydrogen) atoms. The molecule has 0 N–H and O–H groups in total. The lowest BCUT2D eigenvalue weighted by molar-refractivity contribution is 0.162. The second-order valence-corrected chi connectivity index (χ2v) is 9.24. The molecule has 0 aliphatic heterocycles. The van der Waals surface area contributed by atoms with E-state index in [9.17, 15) is 13.2 Å². The van der Waals surface area contributed by atoms with Gasteiger partial charge in [-0.3, -0.25) is 4.79 Å². The Kier molecular flexibility index (Phi) is 6.05. The normalized spacial score (nSPS) is 11.6. The first kappa shape index (κ1) is 21.0. The maximum Gasteiger partial charge on any atom is 0.253 e. The van der Waals surface area contributed by atoms with Gasteiger partial charge in [-0.15, -0.1) is 0 Å². The van der Waals surface area contributed by atoms with Crippen LogP contribution >= 0.6 is 0 Å². The van der Waals surface area contributed by atoms with E-state index in [2.05, 4.69) is 0 Å². The number of hydrogen-bond acceptors (Lipinski definition) is 4. The topological polar surface area (TPSA) is 65.4 Å². The van der Waals surface area contributed by atoms with Gasteiger partial charge in [0.1, 0.15) is 0 Å². The van der Waals surface area contributed by atoms with Crippen molar-refractivity contribution < 1.29 is 13.2 Å². The number of benzene rings is 2. The van der Waals surface area contributed by atoms with Gasteiger partial charge in [-0.2, -0.15) is 0 Å². The van der Waals surface area contributed by atoms with E-state index >= 15 is 0 Å². The van der Waals surface area contributed by atoms with Crippen LogP contribution in [0.1, 0.15) is 22.3 Å². The smallest absolute Gasteiger partial charge is 0.253 e. The monoisotopic (exact) mass is 411 g/mol. The van der Waals surface area contributed by atoms with Gasteiger partial charge >= 0.3 is 0 Å². The van der Waals surface area contributed by atoms with Gasteiger partial charge in [0.2, 0.25) is 9.84 Å². The van der Waals surface area contributed by atoms with E-state index in [0.29, 0.717) is 5.56 Å². The van der Waals surface area contributed by atoms with Gasteiger partial charge < -0.3 is 9.30 Å². The fraction of sp³-hybridized carbons (Fsp3) is 0.261. The predicted molar refractivity (Wildman–Crippen MR) is 115 cm³/mol. The summed E-state index contributed by atoms with van der Waals surface area (Å²) in [6, 6.07) is 14.4. The van der Waals surface area contributed by atoms with Crippen molar-refractivity contribution in [3.05, 3.63) is 87.3 Å². The maximum absolute atomic E-state index is 12.8. The molecule has 2 aromatic carbocycles. The molecule has 0 saturated carbocycles. The minimum absolute atomic E-state index is 0.0718. The van der Waals surface area contributed by atoms with E-state index in [1.807, 2.05) is 38.1 Å². The molecular formula is C23H25NO4S. The summed E-state index contributed by atoms with van der Waals surface area (Å²) in [6.45, 7) is 5.96. The summed E-state index contributed by atoms with van der Waals surface area (Å²) >= 11 is 0. The number of aromatic nitrogens is 1. The van der Waals surface area contributed by atoms with E-state index in [0.717, 1.165) is 27.8 Å². The Morgan fingerprint density at radius 3 is 2.21 bits per heavy atom. The molecule has 0 unspecified atom stereocenters. The molecule has 1 aromatic heterocycles. The number of hydrogen-bond donors (Lipinski definition) is 0. The summed E-state index contributed by atoms with van der Waals surface area (Å²) in [4.78, 5) is 12.1. The summed E-state index contributed by atoms with van der Waals surface area (Å²) in [5.74, 6) is -0.392. The number of ether oxygens (including phenoxy) is 1. The molecule has 0 aliphatic carbocycles. The Hall–Kier alpha value is -2.70. The van der Waals surface area contributed by atoms with Gasteiger partial charge in [0.05, 0.1) is 11.5 Å².